The van der Waals surface area contributed by atoms with Crippen molar-refractivity contribution in [3.63, 3.8) is 0 Å². The van der Waals surface area contributed by atoms with Gasteiger partial charge in [-0.05, 0) is 30.5 Å². The number of amides is 2. The third-order valence-corrected chi connectivity index (χ3v) is 3.81. The van der Waals surface area contributed by atoms with Gasteiger partial charge in [-0.2, -0.15) is 0 Å². The van der Waals surface area contributed by atoms with Crippen LogP contribution in [0.2, 0.25) is 0 Å². The Labute approximate surface area is 150 Å². The molecule has 140 valence electrons. The number of carboxylic acid groups (broad SMARTS) is 1. The molecule has 0 saturated heterocycles. The van der Waals surface area contributed by atoms with Gasteiger partial charge in [0.15, 0.2) is 0 Å². The summed E-state index contributed by atoms with van der Waals surface area (Å²) in [7, 11) is 5.89. The van der Waals surface area contributed by atoms with Gasteiger partial charge in [-0.3, -0.25) is 4.79 Å². The fourth-order valence-electron chi connectivity index (χ4n) is 2.72. The zero-order valence-electron chi connectivity index (χ0n) is 15.8. The molecule has 1 aromatic rings. The van der Waals surface area contributed by atoms with Crippen molar-refractivity contribution in [2.24, 2.45) is 0 Å². The van der Waals surface area contributed by atoms with Crippen LogP contribution in [0.15, 0.2) is 24.3 Å². The average molecular weight is 350 g/mol. The number of aryl methyl sites for hydroxylation is 1. The van der Waals surface area contributed by atoms with Gasteiger partial charge >= 0.3 is 12.0 Å². The maximum Gasteiger partial charge on any atom is 0.319 e. The summed E-state index contributed by atoms with van der Waals surface area (Å²) in [5, 5.41) is 14.6. The number of nitrogens with zero attached hydrogens (tertiary/aromatic N) is 1. The number of urea groups is 1. The lowest BCUT2D eigenvalue weighted by molar-refractivity contribution is -0.871. The number of aliphatic carboxylic acids is 1. The van der Waals surface area contributed by atoms with E-state index < -0.39 is 12.0 Å². The molecule has 0 spiro atoms. The van der Waals surface area contributed by atoms with E-state index in [1.807, 2.05) is 45.4 Å². The first-order valence-electron chi connectivity index (χ1n) is 8.88. The molecule has 6 heteroatoms. The number of anilines is 1. The molecule has 0 fully saturated rings. The van der Waals surface area contributed by atoms with Crippen LogP contribution in [0.5, 0.6) is 0 Å². The Morgan fingerprint density at radius 2 is 1.76 bits per heavy atom. The molecule has 0 saturated carbocycles. The van der Waals surface area contributed by atoms with Crippen molar-refractivity contribution in [1.82, 2.24) is 5.32 Å². The zero-order valence-corrected chi connectivity index (χ0v) is 15.8. The van der Waals surface area contributed by atoms with E-state index in [-0.39, 0.29) is 12.5 Å². The number of hydrogen-bond donors (Lipinski definition) is 3. The highest BCUT2D eigenvalue weighted by molar-refractivity contribution is 5.89. The van der Waals surface area contributed by atoms with Gasteiger partial charge in [-0.15, -0.1) is 0 Å². The van der Waals surface area contributed by atoms with Crippen molar-refractivity contribution in [2.45, 2.75) is 45.1 Å². The molecule has 0 radical (unpaired) electrons. The fraction of sp³-hybridized carbons (Fsp3) is 0.579. The standard InChI is InChI=1S/C19H31N3O3/c1-5-6-7-8-15-9-11-16(12-10-15)20-19(25)21-17(13-18(23)24)14-22(2,3)4/h9-12,17H,5-8,13-14H2,1-4H3,(H2-,20,21,23,24,25)/p+1/t17-/m1/s1. The second kappa shape index (κ2) is 10.0. The van der Waals surface area contributed by atoms with Gasteiger partial charge in [0.2, 0.25) is 0 Å². The largest absolute Gasteiger partial charge is 0.481 e. The van der Waals surface area contributed by atoms with Crippen LogP contribution in [-0.2, 0) is 11.2 Å². The van der Waals surface area contributed by atoms with Crippen LogP contribution in [0.4, 0.5) is 10.5 Å². The summed E-state index contributed by atoms with van der Waals surface area (Å²) in [6, 6.07) is 7.00. The minimum absolute atomic E-state index is 0.0979. The van der Waals surface area contributed by atoms with E-state index in [1.54, 1.807) is 0 Å². The lowest BCUT2D eigenvalue weighted by Gasteiger charge is -2.29. The van der Waals surface area contributed by atoms with E-state index in [1.165, 1.54) is 24.8 Å². The maximum atomic E-state index is 12.2. The monoisotopic (exact) mass is 350 g/mol. The molecule has 1 atom stereocenters. The highest BCUT2D eigenvalue weighted by Gasteiger charge is 2.22. The highest BCUT2D eigenvalue weighted by Crippen LogP contribution is 2.12. The van der Waals surface area contributed by atoms with Gasteiger partial charge in [-0.25, -0.2) is 4.79 Å². The summed E-state index contributed by atoms with van der Waals surface area (Å²) in [6.07, 6.45) is 4.54. The summed E-state index contributed by atoms with van der Waals surface area (Å²) >= 11 is 0. The normalized spacial score (nSPS) is 12.5. The van der Waals surface area contributed by atoms with Gasteiger partial charge in [0.25, 0.3) is 0 Å². The van der Waals surface area contributed by atoms with Crippen molar-refractivity contribution in [3.05, 3.63) is 29.8 Å². The summed E-state index contributed by atoms with van der Waals surface area (Å²) in [5.74, 6) is -0.921. The van der Waals surface area contributed by atoms with Crippen molar-refractivity contribution in [2.75, 3.05) is 33.0 Å². The van der Waals surface area contributed by atoms with Gasteiger partial charge in [0, 0.05) is 5.69 Å². The molecule has 0 bridgehead atoms. The van der Waals surface area contributed by atoms with Gasteiger partial charge in [-0.1, -0.05) is 31.9 Å². The number of unbranched alkanes of at least 4 members (excludes halogenated alkanes) is 2. The Bertz CT molecular complexity index is 550. The predicted molar refractivity (Wildman–Crippen MR) is 101 cm³/mol. The molecule has 0 unspecified atom stereocenters. The number of benzene rings is 1. The second-order valence-electron chi connectivity index (χ2n) is 7.52. The number of carbonyl (C=O) groups is 2. The van der Waals surface area contributed by atoms with Crippen LogP contribution < -0.4 is 10.6 Å². The van der Waals surface area contributed by atoms with Gasteiger partial charge in [0.1, 0.15) is 0 Å². The van der Waals surface area contributed by atoms with Crippen molar-refractivity contribution in [1.29, 1.82) is 0 Å². The molecular weight excluding hydrogens is 318 g/mol. The van der Waals surface area contributed by atoms with E-state index in [9.17, 15) is 9.59 Å². The summed E-state index contributed by atoms with van der Waals surface area (Å²) < 4.78 is 0.574. The SMILES string of the molecule is CCCCCc1ccc(NC(=O)N[C@H](CC(=O)O)C[N+](C)(C)C)cc1. The van der Waals surface area contributed by atoms with Crippen LogP contribution in [0.1, 0.15) is 38.2 Å². The lowest BCUT2D eigenvalue weighted by atomic mass is 10.1. The van der Waals surface area contributed by atoms with Crippen LogP contribution in [0, 0.1) is 0 Å². The molecule has 6 nitrogen and oxygen atoms in total. The molecule has 1 aromatic carbocycles. The first kappa shape index (κ1) is 21.0. The highest BCUT2D eigenvalue weighted by atomic mass is 16.4. The van der Waals surface area contributed by atoms with Crippen LogP contribution in [-0.4, -0.2) is 55.3 Å². The summed E-state index contributed by atoms with van der Waals surface area (Å²) in [6.45, 7) is 2.72. The first-order chi connectivity index (χ1) is 11.7. The van der Waals surface area contributed by atoms with Gasteiger partial charge < -0.3 is 20.2 Å². The average Bonchev–Trinajstić information content (AvgIpc) is 2.46. The van der Waals surface area contributed by atoms with Crippen molar-refractivity contribution >= 4 is 17.7 Å². The van der Waals surface area contributed by atoms with E-state index in [0.29, 0.717) is 16.7 Å². The minimum atomic E-state index is -0.921. The van der Waals surface area contributed by atoms with Crippen LogP contribution >= 0.6 is 0 Å². The number of carbonyl (C=O) groups excluding carboxylic acids is 1. The number of likely N-dealkylation sites (N-methyl/N-ethyl adjacent to an activating group) is 1. The molecule has 0 aliphatic heterocycles. The molecule has 2 amide bonds. The van der Waals surface area contributed by atoms with Crippen molar-refractivity contribution in [3.8, 4) is 0 Å². The number of rotatable bonds is 10. The van der Waals surface area contributed by atoms with E-state index in [4.69, 9.17) is 5.11 Å². The molecule has 0 aliphatic rings. The van der Waals surface area contributed by atoms with E-state index in [0.717, 1.165) is 6.42 Å². The van der Waals surface area contributed by atoms with Crippen LogP contribution in [0.25, 0.3) is 0 Å². The molecule has 0 aromatic heterocycles. The molecule has 0 heterocycles. The number of hydrogen-bond acceptors (Lipinski definition) is 2. The molecular formula is C19H32N3O3+. The minimum Gasteiger partial charge on any atom is -0.481 e. The Balaban J connectivity index is 2.56. The fourth-order valence-corrected chi connectivity index (χ4v) is 2.72. The van der Waals surface area contributed by atoms with Crippen molar-refractivity contribution < 1.29 is 19.2 Å². The Kier molecular flexibility index (Phi) is 8.41. The Morgan fingerprint density at radius 1 is 1.12 bits per heavy atom. The maximum absolute atomic E-state index is 12.2. The summed E-state index contributed by atoms with van der Waals surface area (Å²) in [4.78, 5) is 23.2. The third kappa shape index (κ3) is 9.72. The zero-order chi connectivity index (χ0) is 18.9. The van der Waals surface area contributed by atoms with E-state index in [2.05, 4.69) is 17.6 Å². The molecule has 3 N–H and O–H groups in total. The number of quaternary nitrogens is 1. The van der Waals surface area contributed by atoms with Crippen LogP contribution in [0.3, 0.4) is 0 Å². The Morgan fingerprint density at radius 3 is 2.28 bits per heavy atom. The molecule has 0 aliphatic carbocycles. The lowest BCUT2D eigenvalue weighted by Crippen LogP contribution is -2.50. The second-order valence-corrected chi connectivity index (χ2v) is 7.52. The van der Waals surface area contributed by atoms with Gasteiger partial charge in [0.05, 0.1) is 40.2 Å². The predicted octanol–water partition coefficient (Wildman–Crippen LogP) is 3.09. The smallest absolute Gasteiger partial charge is 0.319 e. The number of carboxylic acids is 1. The molecule has 1 rings (SSSR count). The first-order valence-corrected chi connectivity index (χ1v) is 8.88. The number of nitrogens with one attached hydrogen (secondary N) is 2. The topological polar surface area (TPSA) is 78.4 Å². The Hall–Kier alpha value is -2.08. The quantitative estimate of drug-likeness (QED) is 0.448. The third-order valence-electron chi connectivity index (χ3n) is 3.81. The summed E-state index contributed by atoms with van der Waals surface area (Å²) in [5.41, 5.74) is 1.96. The molecule has 25 heavy (non-hydrogen) atoms. The van der Waals surface area contributed by atoms with E-state index >= 15 is 0 Å².